The van der Waals surface area contributed by atoms with Crippen LogP contribution in [0.15, 0.2) is 0 Å². The Hall–Kier alpha value is -0.840. The standard InChI is InChI=1S/C11H19NO/c1-3-5-7-10(4-2)11(13)8-6-9-12/h10H,3-8H2,1-2H3. The number of hydrogen-bond acceptors (Lipinski definition) is 2. The van der Waals surface area contributed by atoms with E-state index in [1.165, 1.54) is 0 Å². The van der Waals surface area contributed by atoms with Crippen molar-refractivity contribution in [2.75, 3.05) is 0 Å². The quantitative estimate of drug-likeness (QED) is 0.605. The van der Waals surface area contributed by atoms with Crippen LogP contribution in [0.4, 0.5) is 0 Å². The maximum absolute atomic E-state index is 11.5. The summed E-state index contributed by atoms with van der Waals surface area (Å²) in [6.45, 7) is 4.18. The molecule has 0 aromatic heterocycles. The first-order valence-electron chi connectivity index (χ1n) is 5.15. The number of unbranched alkanes of at least 4 members (excludes halogenated alkanes) is 1. The van der Waals surface area contributed by atoms with E-state index in [0.717, 1.165) is 25.7 Å². The predicted molar refractivity (Wildman–Crippen MR) is 53.2 cm³/mol. The highest BCUT2D eigenvalue weighted by atomic mass is 16.1. The van der Waals surface area contributed by atoms with Crippen LogP contribution < -0.4 is 0 Å². The lowest BCUT2D eigenvalue weighted by Crippen LogP contribution is -2.13. The molecule has 0 N–H and O–H groups in total. The van der Waals surface area contributed by atoms with E-state index in [-0.39, 0.29) is 11.7 Å². The van der Waals surface area contributed by atoms with Crippen LogP contribution in [0, 0.1) is 17.2 Å². The molecule has 0 bridgehead atoms. The third-order valence-electron chi connectivity index (χ3n) is 2.34. The predicted octanol–water partition coefficient (Wildman–Crippen LogP) is 3.08. The van der Waals surface area contributed by atoms with Gasteiger partial charge in [-0.2, -0.15) is 5.26 Å². The molecule has 74 valence electrons. The van der Waals surface area contributed by atoms with Crippen molar-refractivity contribution in [1.82, 2.24) is 0 Å². The van der Waals surface area contributed by atoms with Crippen LogP contribution in [0.25, 0.3) is 0 Å². The molecule has 0 aliphatic rings. The molecule has 0 saturated carbocycles. The Morgan fingerprint density at radius 1 is 1.46 bits per heavy atom. The minimum Gasteiger partial charge on any atom is -0.299 e. The molecule has 0 amide bonds. The summed E-state index contributed by atoms with van der Waals surface area (Å²) < 4.78 is 0. The van der Waals surface area contributed by atoms with Gasteiger partial charge in [0.15, 0.2) is 0 Å². The summed E-state index contributed by atoms with van der Waals surface area (Å²) in [5.41, 5.74) is 0. The summed E-state index contributed by atoms with van der Waals surface area (Å²) in [7, 11) is 0. The monoisotopic (exact) mass is 181 g/mol. The van der Waals surface area contributed by atoms with Crippen molar-refractivity contribution < 1.29 is 4.79 Å². The van der Waals surface area contributed by atoms with Crippen molar-refractivity contribution in [2.24, 2.45) is 5.92 Å². The average Bonchev–Trinajstić information content (AvgIpc) is 2.16. The zero-order chi connectivity index (χ0) is 10.1. The van der Waals surface area contributed by atoms with E-state index < -0.39 is 0 Å². The molecule has 2 nitrogen and oxygen atoms in total. The Morgan fingerprint density at radius 2 is 2.15 bits per heavy atom. The number of rotatable bonds is 7. The first-order valence-corrected chi connectivity index (χ1v) is 5.15. The highest BCUT2D eigenvalue weighted by Crippen LogP contribution is 2.15. The molecule has 2 heteroatoms. The van der Waals surface area contributed by atoms with E-state index in [1.54, 1.807) is 0 Å². The number of ketones is 1. The Kier molecular flexibility index (Phi) is 7.29. The number of carbonyl (C=O) groups is 1. The van der Waals surface area contributed by atoms with E-state index >= 15 is 0 Å². The second-order valence-electron chi connectivity index (χ2n) is 3.37. The first-order chi connectivity index (χ1) is 6.26. The number of carbonyl (C=O) groups excluding carboxylic acids is 1. The van der Waals surface area contributed by atoms with Gasteiger partial charge in [0, 0.05) is 18.8 Å². The van der Waals surface area contributed by atoms with Gasteiger partial charge in [-0.25, -0.2) is 0 Å². The summed E-state index contributed by atoms with van der Waals surface area (Å²) in [6, 6.07) is 2.01. The molecule has 0 aromatic carbocycles. The van der Waals surface area contributed by atoms with Crippen molar-refractivity contribution in [2.45, 2.75) is 52.4 Å². The Bertz CT molecular complexity index is 181. The molecule has 0 aliphatic carbocycles. The fourth-order valence-electron chi connectivity index (χ4n) is 1.43. The van der Waals surface area contributed by atoms with Gasteiger partial charge in [-0.1, -0.05) is 26.7 Å². The summed E-state index contributed by atoms with van der Waals surface area (Å²) in [5, 5.41) is 8.34. The first kappa shape index (κ1) is 12.2. The normalized spacial score (nSPS) is 12.1. The van der Waals surface area contributed by atoms with Crippen molar-refractivity contribution in [3.05, 3.63) is 0 Å². The van der Waals surface area contributed by atoms with E-state index in [2.05, 4.69) is 6.92 Å². The number of nitrogens with zero attached hydrogens (tertiary/aromatic N) is 1. The van der Waals surface area contributed by atoms with E-state index in [4.69, 9.17) is 5.26 Å². The highest BCUT2D eigenvalue weighted by Gasteiger charge is 2.14. The molecular formula is C11H19NO. The Labute approximate surface area is 80.9 Å². The largest absolute Gasteiger partial charge is 0.299 e. The molecule has 0 heterocycles. The lowest BCUT2D eigenvalue weighted by atomic mass is 9.92. The highest BCUT2D eigenvalue weighted by molar-refractivity contribution is 5.81. The van der Waals surface area contributed by atoms with Crippen LogP contribution >= 0.6 is 0 Å². The van der Waals surface area contributed by atoms with Crippen LogP contribution in [0.2, 0.25) is 0 Å². The molecule has 13 heavy (non-hydrogen) atoms. The molecule has 1 atom stereocenters. The van der Waals surface area contributed by atoms with Gasteiger partial charge in [0.1, 0.15) is 5.78 Å². The van der Waals surface area contributed by atoms with Gasteiger partial charge in [0.25, 0.3) is 0 Å². The molecule has 0 fully saturated rings. The third kappa shape index (κ3) is 5.41. The van der Waals surface area contributed by atoms with Crippen LogP contribution in [-0.4, -0.2) is 5.78 Å². The van der Waals surface area contributed by atoms with Crippen LogP contribution in [0.5, 0.6) is 0 Å². The Balaban J connectivity index is 3.79. The zero-order valence-corrected chi connectivity index (χ0v) is 8.68. The second-order valence-corrected chi connectivity index (χ2v) is 3.37. The summed E-state index contributed by atoms with van der Waals surface area (Å²) in [5.74, 6) is 0.478. The summed E-state index contributed by atoms with van der Waals surface area (Å²) >= 11 is 0. The van der Waals surface area contributed by atoms with Gasteiger partial charge in [-0.05, 0) is 12.8 Å². The lowest BCUT2D eigenvalue weighted by molar-refractivity contribution is -0.123. The number of nitriles is 1. The maximum atomic E-state index is 11.5. The molecule has 0 radical (unpaired) electrons. The van der Waals surface area contributed by atoms with Gasteiger partial charge in [0.2, 0.25) is 0 Å². The lowest BCUT2D eigenvalue weighted by Gasteiger charge is -2.11. The molecule has 0 aromatic rings. The molecule has 0 rings (SSSR count). The molecule has 0 aliphatic heterocycles. The molecular weight excluding hydrogens is 162 g/mol. The van der Waals surface area contributed by atoms with Crippen LogP contribution in [-0.2, 0) is 4.79 Å². The average molecular weight is 181 g/mol. The molecule has 1 unspecified atom stereocenters. The number of Topliss-reactive ketones (excluding diaryl/α,β-unsaturated/α-hetero) is 1. The topological polar surface area (TPSA) is 40.9 Å². The summed E-state index contributed by atoms with van der Waals surface area (Å²) in [6.07, 6.45) is 5.00. The summed E-state index contributed by atoms with van der Waals surface area (Å²) in [4.78, 5) is 11.5. The fourth-order valence-corrected chi connectivity index (χ4v) is 1.43. The minimum atomic E-state index is 0.202. The van der Waals surface area contributed by atoms with Crippen molar-refractivity contribution in [3.8, 4) is 6.07 Å². The smallest absolute Gasteiger partial charge is 0.136 e. The van der Waals surface area contributed by atoms with Gasteiger partial charge in [0.05, 0.1) is 6.07 Å². The SMILES string of the molecule is CCCCC(CC)C(=O)CCC#N. The van der Waals surface area contributed by atoms with E-state index in [9.17, 15) is 4.79 Å². The van der Waals surface area contributed by atoms with E-state index in [0.29, 0.717) is 12.8 Å². The Morgan fingerprint density at radius 3 is 2.62 bits per heavy atom. The van der Waals surface area contributed by atoms with Crippen LogP contribution in [0.1, 0.15) is 52.4 Å². The van der Waals surface area contributed by atoms with Gasteiger partial charge in [-0.15, -0.1) is 0 Å². The minimum absolute atomic E-state index is 0.202. The van der Waals surface area contributed by atoms with Gasteiger partial charge >= 0.3 is 0 Å². The van der Waals surface area contributed by atoms with E-state index in [1.807, 2.05) is 13.0 Å². The second kappa shape index (κ2) is 7.79. The zero-order valence-electron chi connectivity index (χ0n) is 8.68. The van der Waals surface area contributed by atoms with Crippen molar-refractivity contribution >= 4 is 5.78 Å². The third-order valence-corrected chi connectivity index (χ3v) is 2.34. The maximum Gasteiger partial charge on any atom is 0.136 e. The number of hydrogen-bond donors (Lipinski definition) is 0. The van der Waals surface area contributed by atoms with Crippen LogP contribution in [0.3, 0.4) is 0 Å². The van der Waals surface area contributed by atoms with Crippen molar-refractivity contribution in [3.63, 3.8) is 0 Å². The fraction of sp³-hybridized carbons (Fsp3) is 0.818. The molecule has 0 spiro atoms. The molecule has 0 saturated heterocycles. The van der Waals surface area contributed by atoms with Crippen molar-refractivity contribution in [1.29, 1.82) is 5.26 Å². The van der Waals surface area contributed by atoms with Gasteiger partial charge in [-0.3, -0.25) is 4.79 Å². The van der Waals surface area contributed by atoms with Gasteiger partial charge < -0.3 is 0 Å².